The lowest BCUT2D eigenvalue weighted by atomic mass is 10.1. The number of hydrogen-bond acceptors (Lipinski definition) is 5. The van der Waals surface area contributed by atoms with Crippen LogP contribution in [0.1, 0.15) is 32.1 Å². The van der Waals surface area contributed by atoms with E-state index >= 15 is 0 Å². The minimum Gasteiger partial charge on any atom is -0.376 e. The lowest BCUT2D eigenvalue weighted by Crippen LogP contribution is -2.36. The molecule has 1 atom stereocenters. The molecule has 0 saturated carbocycles. The van der Waals surface area contributed by atoms with Gasteiger partial charge in [-0.25, -0.2) is 0 Å². The van der Waals surface area contributed by atoms with Crippen LogP contribution in [0, 0.1) is 0 Å². The molecule has 5 rings (SSSR count). The van der Waals surface area contributed by atoms with Gasteiger partial charge in [-0.3, -0.25) is 9.36 Å². The Morgan fingerprint density at radius 2 is 2.03 bits per heavy atom. The number of carbonyl (C=O) groups is 1. The summed E-state index contributed by atoms with van der Waals surface area (Å²) < 4.78 is 8.03. The van der Waals surface area contributed by atoms with Crippen LogP contribution >= 0.6 is 11.8 Å². The van der Waals surface area contributed by atoms with Crippen molar-refractivity contribution < 1.29 is 9.53 Å². The first-order valence-corrected chi connectivity index (χ1v) is 11.8. The molecular formula is C22H27N5O2S. The third kappa shape index (κ3) is 3.98. The third-order valence-electron chi connectivity index (χ3n) is 5.99. The van der Waals surface area contributed by atoms with Crippen LogP contribution in [0.2, 0.25) is 0 Å². The number of aromatic amines is 1. The highest BCUT2D eigenvalue weighted by atomic mass is 32.2. The molecule has 1 aromatic carbocycles. The van der Waals surface area contributed by atoms with Gasteiger partial charge in [-0.05, 0) is 38.2 Å². The number of H-pyrrole nitrogens is 1. The number of nitrogens with zero attached hydrogens (tertiary/aromatic N) is 4. The average Bonchev–Trinajstić information content (AvgIpc) is 3.53. The third-order valence-corrected chi connectivity index (χ3v) is 6.94. The van der Waals surface area contributed by atoms with Gasteiger partial charge in [0.1, 0.15) is 0 Å². The van der Waals surface area contributed by atoms with E-state index in [0.29, 0.717) is 12.3 Å². The van der Waals surface area contributed by atoms with Crippen molar-refractivity contribution in [2.45, 2.75) is 49.9 Å². The van der Waals surface area contributed by atoms with Crippen LogP contribution in [0.5, 0.6) is 0 Å². The first kappa shape index (κ1) is 19.6. The van der Waals surface area contributed by atoms with E-state index in [1.54, 1.807) is 0 Å². The van der Waals surface area contributed by atoms with Crippen LogP contribution in [-0.2, 0) is 16.1 Å². The lowest BCUT2D eigenvalue weighted by molar-refractivity contribution is -0.129. The van der Waals surface area contributed by atoms with Gasteiger partial charge in [0.25, 0.3) is 0 Å². The van der Waals surface area contributed by atoms with Gasteiger partial charge in [0, 0.05) is 42.4 Å². The van der Waals surface area contributed by atoms with Gasteiger partial charge in [-0.15, -0.1) is 10.2 Å². The Hall–Kier alpha value is -2.32. The maximum absolute atomic E-state index is 12.7. The molecule has 1 unspecified atom stereocenters. The number of likely N-dealkylation sites (tertiary alicyclic amines) is 1. The van der Waals surface area contributed by atoms with Crippen molar-refractivity contribution in [1.82, 2.24) is 24.6 Å². The van der Waals surface area contributed by atoms with Gasteiger partial charge in [-0.2, -0.15) is 0 Å². The summed E-state index contributed by atoms with van der Waals surface area (Å²) in [6.45, 7) is 3.28. The maximum Gasteiger partial charge on any atom is 0.233 e. The minimum atomic E-state index is 0.169. The second kappa shape index (κ2) is 8.81. The number of fused-ring (bicyclic) bond motifs is 1. The molecule has 3 aromatic rings. The van der Waals surface area contributed by atoms with E-state index < -0.39 is 0 Å². The number of rotatable bonds is 6. The highest BCUT2D eigenvalue weighted by Gasteiger charge is 2.24. The fourth-order valence-corrected chi connectivity index (χ4v) is 5.22. The van der Waals surface area contributed by atoms with Crippen molar-refractivity contribution in [3.8, 4) is 11.4 Å². The van der Waals surface area contributed by atoms with Gasteiger partial charge < -0.3 is 14.6 Å². The Balaban J connectivity index is 1.41. The van der Waals surface area contributed by atoms with Crippen LogP contribution < -0.4 is 0 Å². The summed E-state index contributed by atoms with van der Waals surface area (Å²) in [5.74, 6) is 1.42. The smallest absolute Gasteiger partial charge is 0.233 e. The highest BCUT2D eigenvalue weighted by molar-refractivity contribution is 7.99. The van der Waals surface area contributed by atoms with Gasteiger partial charge in [-0.1, -0.05) is 30.0 Å². The summed E-state index contributed by atoms with van der Waals surface area (Å²) in [6.07, 6.45) is 7.73. The summed E-state index contributed by atoms with van der Waals surface area (Å²) in [7, 11) is 0. The number of para-hydroxylation sites is 1. The maximum atomic E-state index is 12.7. The number of nitrogens with one attached hydrogen (secondary N) is 1. The van der Waals surface area contributed by atoms with Gasteiger partial charge in [0.2, 0.25) is 5.91 Å². The molecule has 0 aliphatic carbocycles. The molecule has 2 saturated heterocycles. The molecule has 2 fully saturated rings. The average molecular weight is 426 g/mol. The molecule has 0 bridgehead atoms. The Morgan fingerprint density at radius 3 is 2.87 bits per heavy atom. The largest absolute Gasteiger partial charge is 0.376 e. The lowest BCUT2D eigenvalue weighted by Gasteiger charge is -2.26. The van der Waals surface area contributed by atoms with E-state index in [1.165, 1.54) is 18.2 Å². The van der Waals surface area contributed by atoms with Gasteiger partial charge >= 0.3 is 0 Å². The fraction of sp³-hybridized carbons (Fsp3) is 0.500. The second-order valence-electron chi connectivity index (χ2n) is 8.03. The molecule has 30 heavy (non-hydrogen) atoms. The molecule has 4 heterocycles. The van der Waals surface area contributed by atoms with Crippen LogP contribution in [0.4, 0.5) is 0 Å². The topological polar surface area (TPSA) is 76.0 Å². The molecule has 8 heteroatoms. The monoisotopic (exact) mass is 425 g/mol. The number of hydrogen-bond donors (Lipinski definition) is 1. The number of aromatic nitrogens is 4. The van der Waals surface area contributed by atoms with Crippen molar-refractivity contribution in [2.75, 3.05) is 25.4 Å². The normalized spacial score (nSPS) is 19.6. The van der Waals surface area contributed by atoms with Crippen molar-refractivity contribution in [3.63, 3.8) is 0 Å². The Morgan fingerprint density at radius 1 is 1.17 bits per heavy atom. The van der Waals surface area contributed by atoms with E-state index in [2.05, 4.69) is 31.9 Å². The number of amides is 1. The van der Waals surface area contributed by atoms with Crippen LogP contribution in [0.25, 0.3) is 22.3 Å². The predicted octanol–water partition coefficient (Wildman–Crippen LogP) is 3.71. The van der Waals surface area contributed by atoms with Crippen molar-refractivity contribution in [2.24, 2.45) is 0 Å². The number of ether oxygens (including phenoxy) is 1. The minimum absolute atomic E-state index is 0.169. The molecular weight excluding hydrogens is 398 g/mol. The highest BCUT2D eigenvalue weighted by Crippen LogP contribution is 2.31. The molecule has 1 amide bonds. The number of piperidine rings is 1. The fourth-order valence-electron chi connectivity index (χ4n) is 4.37. The molecule has 0 radical (unpaired) electrons. The SMILES string of the molecule is O=C(CSc1nnc(-c2c[nH]c3ccccc23)n1CC1CCCO1)N1CCCCC1. The predicted molar refractivity (Wildman–Crippen MR) is 117 cm³/mol. The number of benzene rings is 1. The van der Waals surface area contributed by atoms with E-state index in [0.717, 1.165) is 72.8 Å². The summed E-state index contributed by atoms with van der Waals surface area (Å²) >= 11 is 1.49. The zero-order chi connectivity index (χ0) is 20.3. The molecule has 0 spiro atoms. The summed E-state index contributed by atoms with van der Waals surface area (Å²) in [5, 5.41) is 10.9. The molecule has 1 N–H and O–H groups in total. The summed E-state index contributed by atoms with van der Waals surface area (Å²) in [6, 6.07) is 8.21. The van der Waals surface area contributed by atoms with E-state index in [-0.39, 0.29) is 12.0 Å². The first-order chi connectivity index (χ1) is 14.8. The Labute approximate surface area is 180 Å². The summed E-state index contributed by atoms with van der Waals surface area (Å²) in [4.78, 5) is 18.0. The molecule has 2 aromatic heterocycles. The number of carbonyl (C=O) groups excluding carboxylic acids is 1. The van der Waals surface area contributed by atoms with Crippen LogP contribution in [0.15, 0.2) is 35.6 Å². The first-order valence-electron chi connectivity index (χ1n) is 10.8. The van der Waals surface area contributed by atoms with E-state index in [9.17, 15) is 4.79 Å². The molecule has 2 aliphatic heterocycles. The Bertz CT molecular complexity index is 1020. The summed E-state index contributed by atoms with van der Waals surface area (Å²) in [5.41, 5.74) is 2.11. The zero-order valence-corrected chi connectivity index (χ0v) is 17.9. The quantitative estimate of drug-likeness (QED) is 0.610. The van der Waals surface area contributed by atoms with E-state index in [1.807, 2.05) is 23.2 Å². The van der Waals surface area contributed by atoms with Crippen molar-refractivity contribution >= 4 is 28.6 Å². The van der Waals surface area contributed by atoms with Crippen molar-refractivity contribution in [1.29, 1.82) is 0 Å². The van der Waals surface area contributed by atoms with Crippen LogP contribution in [0.3, 0.4) is 0 Å². The standard InChI is InChI=1S/C22H27N5O2S/c28-20(26-10-4-1-5-11-26)15-30-22-25-24-21(27(22)14-16-7-6-12-29-16)18-13-23-19-9-3-2-8-17(18)19/h2-3,8-9,13,16,23H,1,4-7,10-12,14-15H2. The van der Waals surface area contributed by atoms with E-state index in [4.69, 9.17) is 4.74 Å². The Kier molecular flexibility index (Phi) is 5.77. The zero-order valence-electron chi connectivity index (χ0n) is 17.0. The van der Waals surface area contributed by atoms with Crippen molar-refractivity contribution in [3.05, 3.63) is 30.5 Å². The second-order valence-corrected chi connectivity index (χ2v) is 8.97. The van der Waals surface area contributed by atoms with Gasteiger partial charge in [0.15, 0.2) is 11.0 Å². The van der Waals surface area contributed by atoms with Gasteiger partial charge in [0.05, 0.1) is 18.4 Å². The number of thioether (sulfide) groups is 1. The molecule has 2 aliphatic rings. The molecule has 7 nitrogen and oxygen atoms in total. The van der Waals surface area contributed by atoms with Crippen LogP contribution in [-0.4, -0.2) is 62.1 Å². The molecule has 158 valence electrons.